The molecule has 3 rings (SSSR count). The molecule has 142 valence electrons. The van der Waals surface area contributed by atoms with Crippen molar-refractivity contribution >= 4 is 17.7 Å². The van der Waals surface area contributed by atoms with E-state index in [0.717, 1.165) is 18.9 Å². The zero-order valence-electron chi connectivity index (χ0n) is 15.6. The van der Waals surface area contributed by atoms with E-state index in [4.69, 9.17) is 4.74 Å². The van der Waals surface area contributed by atoms with Crippen molar-refractivity contribution in [1.29, 1.82) is 0 Å². The van der Waals surface area contributed by atoms with Gasteiger partial charge in [-0.2, -0.15) is 0 Å². The minimum absolute atomic E-state index is 0.143. The number of carboxylic acid groups (broad SMARTS) is 1. The second-order valence-corrected chi connectivity index (χ2v) is 7.65. The fraction of sp³-hybridized carbons (Fsp3) is 0.632. The molecule has 0 aromatic carbocycles. The summed E-state index contributed by atoms with van der Waals surface area (Å²) in [5, 5.41) is 9.28. The Labute approximate surface area is 153 Å². The number of pyridine rings is 1. The summed E-state index contributed by atoms with van der Waals surface area (Å²) in [6.45, 7) is 8.45. The zero-order valence-corrected chi connectivity index (χ0v) is 15.6. The van der Waals surface area contributed by atoms with Crippen LogP contribution >= 0.6 is 0 Å². The Bertz CT molecular complexity index is 653. The molecule has 1 amide bonds. The molecule has 7 nitrogen and oxygen atoms in total. The lowest BCUT2D eigenvalue weighted by Gasteiger charge is -2.36. The summed E-state index contributed by atoms with van der Waals surface area (Å²) >= 11 is 0. The molecule has 2 fully saturated rings. The molecule has 7 heteroatoms. The molecule has 26 heavy (non-hydrogen) atoms. The zero-order chi connectivity index (χ0) is 18.8. The number of hydrogen-bond acceptors (Lipinski definition) is 5. The van der Waals surface area contributed by atoms with Crippen LogP contribution < -0.4 is 4.90 Å². The number of aliphatic carboxylic acids is 1. The van der Waals surface area contributed by atoms with Crippen molar-refractivity contribution in [3.05, 3.63) is 23.9 Å². The molecular formula is C19H27N3O4. The van der Waals surface area contributed by atoms with Gasteiger partial charge in [0, 0.05) is 32.4 Å². The predicted molar refractivity (Wildman–Crippen MR) is 97.3 cm³/mol. The van der Waals surface area contributed by atoms with Gasteiger partial charge in [-0.3, -0.25) is 9.59 Å². The Morgan fingerprint density at radius 2 is 1.81 bits per heavy atom. The number of hydrogen-bond donors (Lipinski definition) is 1. The van der Waals surface area contributed by atoms with Gasteiger partial charge in [-0.15, -0.1) is 0 Å². The number of piperidine rings is 1. The van der Waals surface area contributed by atoms with Gasteiger partial charge >= 0.3 is 5.97 Å². The molecule has 1 aromatic heterocycles. The first-order chi connectivity index (χ1) is 12.3. The van der Waals surface area contributed by atoms with Crippen LogP contribution in [0.1, 0.15) is 37.6 Å². The van der Waals surface area contributed by atoms with Crippen molar-refractivity contribution in [3.63, 3.8) is 0 Å². The average molecular weight is 361 g/mol. The largest absolute Gasteiger partial charge is 0.481 e. The normalized spacial score (nSPS) is 29.5. The molecular weight excluding hydrogens is 334 g/mol. The quantitative estimate of drug-likeness (QED) is 0.885. The minimum atomic E-state index is -0.835. The van der Waals surface area contributed by atoms with Gasteiger partial charge in [0.25, 0.3) is 5.91 Å². The molecule has 3 heterocycles. The summed E-state index contributed by atoms with van der Waals surface area (Å²) in [6.07, 6.45) is 2.50. The van der Waals surface area contributed by atoms with E-state index >= 15 is 0 Å². The number of nitrogens with zero attached hydrogens (tertiary/aromatic N) is 3. The number of ether oxygens (including phenoxy) is 1. The molecule has 0 radical (unpaired) electrons. The topological polar surface area (TPSA) is 83.0 Å². The molecule has 4 unspecified atom stereocenters. The van der Waals surface area contributed by atoms with Crippen LogP contribution in [0.2, 0.25) is 0 Å². The number of carboxylic acids is 1. The monoisotopic (exact) mass is 361 g/mol. The maximum Gasteiger partial charge on any atom is 0.308 e. The Balaban J connectivity index is 1.69. The molecule has 1 N–H and O–H groups in total. The second kappa shape index (κ2) is 7.61. The number of morpholine rings is 1. The maximum absolute atomic E-state index is 12.8. The third kappa shape index (κ3) is 4.15. The SMILES string of the molecule is CC1CC(C(=O)O)CN(C(=O)c2ccc(N3CC(C)OC(C)C3)nc2)C1. The highest BCUT2D eigenvalue weighted by Gasteiger charge is 2.32. The molecule has 0 bridgehead atoms. The molecule has 2 aliphatic rings. The number of likely N-dealkylation sites (tertiary alicyclic amines) is 1. The van der Waals surface area contributed by atoms with E-state index in [1.807, 2.05) is 26.8 Å². The van der Waals surface area contributed by atoms with Gasteiger partial charge in [0.2, 0.25) is 0 Å². The fourth-order valence-electron chi connectivity index (χ4n) is 3.94. The van der Waals surface area contributed by atoms with Crippen molar-refractivity contribution in [3.8, 4) is 0 Å². The lowest BCUT2D eigenvalue weighted by Crippen LogP contribution is -2.46. The van der Waals surface area contributed by atoms with Crippen LogP contribution in [-0.4, -0.2) is 65.3 Å². The van der Waals surface area contributed by atoms with Crippen molar-refractivity contribution in [2.24, 2.45) is 11.8 Å². The van der Waals surface area contributed by atoms with Gasteiger partial charge in [0.1, 0.15) is 5.82 Å². The predicted octanol–water partition coefficient (Wildman–Crippen LogP) is 1.88. The Morgan fingerprint density at radius 3 is 2.38 bits per heavy atom. The third-order valence-corrected chi connectivity index (χ3v) is 5.03. The lowest BCUT2D eigenvalue weighted by atomic mass is 9.90. The van der Waals surface area contributed by atoms with Crippen LogP contribution in [0.3, 0.4) is 0 Å². The highest BCUT2D eigenvalue weighted by Crippen LogP contribution is 2.24. The summed E-state index contributed by atoms with van der Waals surface area (Å²) in [4.78, 5) is 32.3. The van der Waals surface area contributed by atoms with Gasteiger partial charge < -0.3 is 19.6 Å². The molecule has 0 aliphatic carbocycles. The number of anilines is 1. The van der Waals surface area contributed by atoms with E-state index in [9.17, 15) is 14.7 Å². The standard InChI is InChI=1S/C19H27N3O4/c1-12-6-16(19(24)25)11-22(8-12)18(23)15-4-5-17(20-7-15)21-9-13(2)26-14(3)10-21/h4-5,7,12-14,16H,6,8-11H2,1-3H3,(H,24,25). The van der Waals surface area contributed by atoms with Crippen molar-refractivity contribution < 1.29 is 19.4 Å². The second-order valence-electron chi connectivity index (χ2n) is 7.65. The van der Waals surface area contributed by atoms with Crippen LogP contribution in [0.25, 0.3) is 0 Å². The molecule has 1 aromatic rings. The Morgan fingerprint density at radius 1 is 1.12 bits per heavy atom. The molecule has 2 saturated heterocycles. The highest BCUT2D eigenvalue weighted by atomic mass is 16.5. The van der Waals surface area contributed by atoms with Gasteiger partial charge in [-0.05, 0) is 38.3 Å². The number of carbonyl (C=O) groups is 2. The van der Waals surface area contributed by atoms with Gasteiger partial charge in [0.15, 0.2) is 0 Å². The first-order valence-corrected chi connectivity index (χ1v) is 9.22. The summed E-state index contributed by atoms with van der Waals surface area (Å²) < 4.78 is 5.74. The van der Waals surface area contributed by atoms with E-state index in [1.165, 1.54) is 0 Å². The van der Waals surface area contributed by atoms with Gasteiger partial charge in [-0.1, -0.05) is 6.92 Å². The smallest absolute Gasteiger partial charge is 0.308 e. The summed E-state index contributed by atoms with van der Waals surface area (Å²) in [7, 11) is 0. The number of carbonyl (C=O) groups excluding carboxylic acids is 1. The fourth-order valence-corrected chi connectivity index (χ4v) is 3.94. The summed E-state index contributed by atoms with van der Waals surface area (Å²) in [5.41, 5.74) is 0.501. The van der Waals surface area contributed by atoms with E-state index in [2.05, 4.69) is 9.88 Å². The van der Waals surface area contributed by atoms with Gasteiger partial charge in [0.05, 0.1) is 23.7 Å². The molecule has 2 aliphatic heterocycles. The minimum Gasteiger partial charge on any atom is -0.481 e. The Hall–Kier alpha value is -2.15. The van der Waals surface area contributed by atoms with E-state index < -0.39 is 11.9 Å². The van der Waals surface area contributed by atoms with Crippen LogP contribution in [0.5, 0.6) is 0 Å². The molecule has 0 saturated carbocycles. The average Bonchev–Trinajstić information content (AvgIpc) is 2.60. The third-order valence-electron chi connectivity index (χ3n) is 5.03. The first kappa shape index (κ1) is 18.6. The Kier molecular flexibility index (Phi) is 5.46. The van der Waals surface area contributed by atoms with Gasteiger partial charge in [-0.25, -0.2) is 4.98 Å². The first-order valence-electron chi connectivity index (χ1n) is 9.22. The van der Waals surface area contributed by atoms with E-state index in [1.54, 1.807) is 17.2 Å². The van der Waals surface area contributed by atoms with Crippen LogP contribution in [0.15, 0.2) is 18.3 Å². The van der Waals surface area contributed by atoms with Crippen molar-refractivity contribution in [2.45, 2.75) is 39.4 Å². The van der Waals surface area contributed by atoms with Crippen LogP contribution in [0, 0.1) is 11.8 Å². The highest BCUT2D eigenvalue weighted by molar-refractivity contribution is 5.94. The summed E-state index contributed by atoms with van der Waals surface area (Å²) in [6, 6.07) is 3.64. The lowest BCUT2D eigenvalue weighted by molar-refractivity contribution is -0.143. The van der Waals surface area contributed by atoms with Crippen molar-refractivity contribution in [2.75, 3.05) is 31.1 Å². The van der Waals surface area contributed by atoms with E-state index in [0.29, 0.717) is 18.5 Å². The van der Waals surface area contributed by atoms with E-state index in [-0.39, 0.29) is 30.6 Å². The van der Waals surface area contributed by atoms with Crippen LogP contribution in [0.4, 0.5) is 5.82 Å². The number of aromatic nitrogens is 1. The number of rotatable bonds is 3. The van der Waals surface area contributed by atoms with Crippen molar-refractivity contribution in [1.82, 2.24) is 9.88 Å². The molecule has 4 atom stereocenters. The summed E-state index contributed by atoms with van der Waals surface area (Å²) in [5.74, 6) is -0.466. The van der Waals surface area contributed by atoms with Crippen LogP contribution in [-0.2, 0) is 9.53 Å². The maximum atomic E-state index is 12.8. The number of amides is 1. The molecule has 0 spiro atoms.